The van der Waals surface area contributed by atoms with Crippen LogP contribution in [0.1, 0.15) is 5.82 Å². The molecule has 14 heteroatoms. The highest BCUT2D eigenvalue weighted by Gasteiger charge is 2.34. The highest BCUT2D eigenvalue weighted by atomic mass is 35.6. The maximum Gasteiger partial charge on any atom is 0.409 e. The van der Waals surface area contributed by atoms with Gasteiger partial charge in [0.2, 0.25) is 3.79 Å². The number of imidazole rings is 1. The van der Waals surface area contributed by atoms with Crippen LogP contribution in [-0.2, 0) is 11.3 Å². The lowest BCUT2D eigenvalue weighted by atomic mass is 10.3. The number of carbonyl (C=O) groups is 1. The van der Waals surface area contributed by atoms with Crippen LogP contribution in [0.3, 0.4) is 0 Å². The van der Waals surface area contributed by atoms with Crippen LogP contribution >= 0.6 is 46.4 Å². The normalized spacial score (nSPS) is 11.9. The summed E-state index contributed by atoms with van der Waals surface area (Å²) in [6, 6.07) is 6.52. The smallest absolute Gasteiger partial charge is 0.409 e. The minimum atomic E-state index is -1.89. The SMILES string of the molecule is Cc1ncc([N+](=O)[O-])n1CCOC(=O)NC(Nc1ccc(Cl)cc1)C(Cl)(Cl)Cl.O. The van der Waals surface area contributed by atoms with Gasteiger partial charge in [0.15, 0.2) is 5.82 Å². The molecule has 0 saturated heterocycles. The summed E-state index contributed by atoms with van der Waals surface area (Å²) >= 11 is 23.5. The number of carbonyl (C=O) groups excluding carboxylic acids is 1. The van der Waals surface area contributed by atoms with Crippen molar-refractivity contribution in [1.29, 1.82) is 0 Å². The maximum absolute atomic E-state index is 12.0. The molecule has 0 bridgehead atoms. The van der Waals surface area contributed by atoms with E-state index in [-0.39, 0.29) is 24.4 Å². The molecule has 10 nitrogen and oxygen atoms in total. The molecule has 1 heterocycles. The predicted octanol–water partition coefficient (Wildman–Crippen LogP) is 3.46. The van der Waals surface area contributed by atoms with Crippen LogP contribution in [0.25, 0.3) is 0 Å². The van der Waals surface area contributed by atoms with Crippen LogP contribution in [0.2, 0.25) is 5.02 Å². The van der Waals surface area contributed by atoms with Crippen molar-refractivity contribution in [2.24, 2.45) is 0 Å². The molecule has 0 radical (unpaired) electrons. The molecule has 29 heavy (non-hydrogen) atoms. The second-order valence-corrected chi connectivity index (χ2v) is 8.28. The largest absolute Gasteiger partial charge is 0.445 e. The Labute approximate surface area is 185 Å². The van der Waals surface area contributed by atoms with Crippen molar-refractivity contribution in [3.8, 4) is 0 Å². The first kappa shape index (κ1) is 25.1. The molecule has 2 aromatic rings. The third-order valence-electron chi connectivity index (χ3n) is 3.51. The first-order valence-electron chi connectivity index (χ1n) is 7.76. The molecule has 1 aromatic heterocycles. The molecular formula is C15H17Cl4N5O5. The lowest BCUT2D eigenvalue weighted by Crippen LogP contribution is -2.49. The van der Waals surface area contributed by atoms with E-state index < -0.39 is 21.0 Å². The molecule has 1 amide bonds. The summed E-state index contributed by atoms with van der Waals surface area (Å²) in [5.74, 6) is 0.212. The van der Waals surface area contributed by atoms with Crippen LogP contribution in [0.15, 0.2) is 30.5 Å². The molecule has 0 fully saturated rings. The molecule has 1 unspecified atom stereocenters. The van der Waals surface area contributed by atoms with Crippen LogP contribution in [0, 0.1) is 17.0 Å². The first-order chi connectivity index (χ1) is 13.1. The van der Waals surface area contributed by atoms with Crippen molar-refractivity contribution in [2.75, 3.05) is 11.9 Å². The van der Waals surface area contributed by atoms with Gasteiger partial charge >= 0.3 is 11.9 Å². The van der Waals surface area contributed by atoms with E-state index in [0.29, 0.717) is 16.5 Å². The highest BCUT2D eigenvalue weighted by Crippen LogP contribution is 2.31. The third-order valence-corrected chi connectivity index (χ3v) is 4.42. The summed E-state index contributed by atoms with van der Waals surface area (Å²) in [4.78, 5) is 26.3. The monoisotopic (exact) mass is 487 g/mol. The number of hydrogen-bond donors (Lipinski definition) is 2. The lowest BCUT2D eigenvalue weighted by molar-refractivity contribution is -0.392. The Bertz CT molecular complexity index is 841. The van der Waals surface area contributed by atoms with E-state index in [1.807, 2.05) is 0 Å². The van der Waals surface area contributed by atoms with Crippen molar-refractivity contribution >= 4 is 64.0 Å². The van der Waals surface area contributed by atoms with Crippen molar-refractivity contribution in [2.45, 2.75) is 23.4 Å². The second-order valence-electron chi connectivity index (χ2n) is 5.48. The number of halogens is 4. The molecule has 0 saturated carbocycles. The van der Waals surface area contributed by atoms with Gasteiger partial charge in [-0.15, -0.1) is 0 Å². The Kier molecular flexibility index (Phi) is 9.24. The zero-order chi connectivity index (χ0) is 20.9. The number of anilines is 1. The van der Waals surface area contributed by atoms with Gasteiger partial charge in [-0.3, -0.25) is 5.32 Å². The Hall–Kier alpha value is -1.98. The molecular weight excluding hydrogens is 472 g/mol. The van der Waals surface area contributed by atoms with E-state index in [1.165, 1.54) is 4.57 Å². The van der Waals surface area contributed by atoms with Crippen molar-refractivity contribution in [1.82, 2.24) is 14.9 Å². The Balaban J connectivity index is 0.00000420. The molecule has 0 aliphatic rings. The van der Waals surface area contributed by atoms with Crippen molar-refractivity contribution in [3.63, 3.8) is 0 Å². The number of aromatic nitrogens is 2. The summed E-state index contributed by atoms with van der Waals surface area (Å²) in [6.07, 6.45) is -0.863. The Morgan fingerprint density at radius 1 is 1.34 bits per heavy atom. The first-order valence-corrected chi connectivity index (χ1v) is 9.27. The minimum absolute atomic E-state index is 0. The van der Waals surface area contributed by atoms with Gasteiger partial charge in [0.1, 0.15) is 25.5 Å². The Morgan fingerprint density at radius 2 is 1.97 bits per heavy atom. The zero-order valence-electron chi connectivity index (χ0n) is 14.9. The number of alkyl halides is 3. The Morgan fingerprint density at radius 3 is 2.52 bits per heavy atom. The highest BCUT2D eigenvalue weighted by molar-refractivity contribution is 6.68. The van der Waals surface area contributed by atoms with Gasteiger partial charge in [0.05, 0.1) is 0 Å². The average molecular weight is 489 g/mol. The average Bonchev–Trinajstić information content (AvgIpc) is 2.96. The molecule has 160 valence electrons. The van der Waals surface area contributed by atoms with Crippen LogP contribution in [0.5, 0.6) is 0 Å². The summed E-state index contributed by atoms with van der Waals surface area (Å²) in [7, 11) is 0. The summed E-state index contributed by atoms with van der Waals surface area (Å²) in [6.45, 7) is 1.48. The number of rotatable bonds is 7. The van der Waals surface area contributed by atoms with E-state index in [2.05, 4.69) is 15.6 Å². The van der Waals surface area contributed by atoms with E-state index in [9.17, 15) is 14.9 Å². The van der Waals surface area contributed by atoms with Gasteiger partial charge in [0.25, 0.3) is 0 Å². The number of aryl methyl sites for hydroxylation is 1. The molecule has 4 N–H and O–H groups in total. The van der Waals surface area contributed by atoms with E-state index in [0.717, 1.165) is 6.20 Å². The number of amides is 1. The van der Waals surface area contributed by atoms with E-state index in [4.69, 9.17) is 51.1 Å². The number of benzene rings is 1. The van der Waals surface area contributed by atoms with Crippen molar-refractivity contribution in [3.05, 3.63) is 51.4 Å². The van der Waals surface area contributed by atoms with Gasteiger partial charge in [-0.1, -0.05) is 46.4 Å². The molecule has 1 atom stereocenters. The van der Waals surface area contributed by atoms with Crippen LogP contribution in [0.4, 0.5) is 16.3 Å². The maximum atomic E-state index is 12.0. The van der Waals surface area contributed by atoms with Gasteiger partial charge in [-0.25, -0.2) is 14.3 Å². The number of nitro groups is 1. The van der Waals surface area contributed by atoms with Crippen molar-refractivity contribution < 1.29 is 19.9 Å². The minimum Gasteiger partial charge on any atom is -0.445 e. The number of nitrogens with zero attached hydrogens (tertiary/aromatic N) is 3. The predicted molar refractivity (Wildman–Crippen MR) is 111 cm³/mol. The molecule has 0 spiro atoms. The summed E-state index contributed by atoms with van der Waals surface area (Å²) < 4.78 is 4.45. The third kappa shape index (κ3) is 7.41. The molecule has 2 rings (SSSR count). The second kappa shape index (κ2) is 10.7. The molecule has 0 aliphatic heterocycles. The van der Waals surface area contributed by atoms with Gasteiger partial charge in [-0.2, -0.15) is 0 Å². The lowest BCUT2D eigenvalue weighted by Gasteiger charge is -2.27. The topological polar surface area (TPSA) is 143 Å². The molecule has 0 aliphatic carbocycles. The fraction of sp³-hybridized carbons (Fsp3) is 0.333. The number of hydrogen-bond acceptors (Lipinski definition) is 6. The van der Waals surface area contributed by atoms with E-state index in [1.54, 1.807) is 31.2 Å². The van der Waals surface area contributed by atoms with Crippen LogP contribution in [-0.4, -0.2) is 42.6 Å². The quantitative estimate of drug-likeness (QED) is 0.264. The number of ether oxygens (including phenoxy) is 1. The molecule has 1 aromatic carbocycles. The van der Waals surface area contributed by atoms with Gasteiger partial charge < -0.3 is 25.6 Å². The van der Waals surface area contributed by atoms with Gasteiger partial charge in [-0.05, 0) is 29.2 Å². The fourth-order valence-electron chi connectivity index (χ4n) is 2.18. The summed E-state index contributed by atoms with van der Waals surface area (Å²) in [5.41, 5.74) is 0.547. The van der Waals surface area contributed by atoms with Gasteiger partial charge in [0, 0.05) is 17.6 Å². The number of nitrogens with one attached hydrogen (secondary N) is 2. The van der Waals surface area contributed by atoms with E-state index >= 15 is 0 Å². The zero-order valence-corrected chi connectivity index (χ0v) is 17.9. The van der Waals surface area contributed by atoms with Crippen LogP contribution < -0.4 is 10.6 Å². The summed E-state index contributed by atoms with van der Waals surface area (Å²) in [5, 5.41) is 16.7. The standard InChI is InChI=1S/C15H15Cl4N5O4.H2O/c1-9-20-8-12(24(26)27)23(9)6-7-28-14(25)22-13(15(17,18)19)21-11-4-2-10(16)3-5-11;/h2-5,8,13,21H,6-7H2,1H3,(H,22,25);1H2. The fourth-order valence-corrected chi connectivity index (χ4v) is 2.63. The number of alkyl carbamates (subject to hydrolysis) is 1.